The van der Waals surface area contributed by atoms with Crippen molar-refractivity contribution in [2.24, 2.45) is 0 Å². The van der Waals surface area contributed by atoms with E-state index in [-0.39, 0.29) is 10.5 Å². The summed E-state index contributed by atoms with van der Waals surface area (Å²) < 4.78 is 24.7. The number of aliphatic hydroxyl groups excluding tert-OH is 1. The van der Waals surface area contributed by atoms with Crippen LogP contribution in [0.1, 0.15) is 11.7 Å². The molecule has 7 heteroatoms. The summed E-state index contributed by atoms with van der Waals surface area (Å²) in [5.41, 5.74) is 0.123. The number of likely N-dealkylation sites (N-methyl/N-ethyl adjacent to an activating group) is 1. The van der Waals surface area contributed by atoms with Crippen LogP contribution in [0.2, 0.25) is 0 Å². The maximum atomic E-state index is 12.0. The molecule has 6 nitrogen and oxygen atoms in total. The van der Waals surface area contributed by atoms with E-state index in [2.05, 4.69) is 0 Å². The van der Waals surface area contributed by atoms with Crippen molar-refractivity contribution >= 4 is 16.0 Å². The van der Waals surface area contributed by atoms with E-state index in [9.17, 15) is 18.3 Å². The molecule has 2 rings (SSSR count). The smallest absolute Gasteiger partial charge is 0.325 e. The van der Waals surface area contributed by atoms with E-state index in [1.807, 2.05) is 0 Å². The van der Waals surface area contributed by atoms with Crippen LogP contribution in [0.3, 0.4) is 0 Å². The van der Waals surface area contributed by atoms with Gasteiger partial charge in [-0.2, -0.15) is 4.31 Å². The van der Waals surface area contributed by atoms with Crippen LogP contribution in [-0.2, 0) is 14.8 Å². The lowest BCUT2D eigenvalue weighted by Crippen LogP contribution is -2.49. The molecule has 0 saturated heterocycles. The zero-order chi connectivity index (χ0) is 12.8. The molecular formula is C10H11NO5S. The minimum absolute atomic E-state index is 0.0486. The number of carboxylic acids is 1. The molecule has 17 heavy (non-hydrogen) atoms. The highest BCUT2D eigenvalue weighted by Gasteiger charge is 2.45. The maximum absolute atomic E-state index is 12.0. The van der Waals surface area contributed by atoms with Crippen LogP contribution in [0.25, 0.3) is 0 Å². The van der Waals surface area contributed by atoms with Crippen molar-refractivity contribution in [1.29, 1.82) is 0 Å². The predicted molar refractivity (Wildman–Crippen MR) is 57.8 cm³/mol. The molecule has 1 heterocycles. The monoisotopic (exact) mass is 257 g/mol. The first-order valence-electron chi connectivity index (χ1n) is 4.85. The summed E-state index contributed by atoms with van der Waals surface area (Å²) in [5.74, 6) is -1.38. The molecule has 1 aliphatic rings. The Morgan fingerprint density at radius 1 is 1.35 bits per heavy atom. The first-order valence-corrected chi connectivity index (χ1v) is 6.29. The molecular weight excluding hydrogens is 246 g/mol. The number of hydrogen-bond donors (Lipinski definition) is 2. The van der Waals surface area contributed by atoms with Crippen molar-refractivity contribution < 1.29 is 23.4 Å². The van der Waals surface area contributed by atoms with E-state index in [4.69, 9.17) is 5.11 Å². The number of sulfonamides is 1. The molecule has 0 spiro atoms. The molecule has 1 aromatic rings. The lowest BCUT2D eigenvalue weighted by Gasteiger charge is -2.34. The molecule has 0 fully saturated rings. The molecule has 2 unspecified atom stereocenters. The normalized spacial score (nSPS) is 27.4. The third kappa shape index (κ3) is 1.63. The van der Waals surface area contributed by atoms with Crippen LogP contribution in [0.4, 0.5) is 0 Å². The zero-order valence-corrected chi connectivity index (χ0v) is 9.76. The van der Waals surface area contributed by atoms with E-state index < -0.39 is 28.1 Å². The van der Waals surface area contributed by atoms with Gasteiger partial charge < -0.3 is 10.2 Å². The second-order valence-electron chi connectivity index (χ2n) is 3.79. The molecule has 0 bridgehead atoms. The Balaban J connectivity index is 2.71. The summed E-state index contributed by atoms with van der Waals surface area (Å²) in [7, 11) is -2.71. The number of aliphatic hydroxyl groups is 1. The fraction of sp³-hybridized carbons (Fsp3) is 0.300. The standard InChI is InChI=1S/C10H11NO5S/c1-11-8(10(13)14)9(12)6-4-2-3-5-7(6)17(11,15)16/h2-5,8-9,12H,1H3,(H,13,14). The Labute approximate surface area is 98.2 Å². The number of aliphatic carboxylic acids is 1. The second-order valence-corrected chi connectivity index (χ2v) is 5.75. The van der Waals surface area contributed by atoms with Crippen molar-refractivity contribution in [3.63, 3.8) is 0 Å². The van der Waals surface area contributed by atoms with Gasteiger partial charge in [0.2, 0.25) is 10.0 Å². The highest BCUT2D eigenvalue weighted by Crippen LogP contribution is 2.35. The first kappa shape index (κ1) is 12.0. The van der Waals surface area contributed by atoms with Crippen LogP contribution >= 0.6 is 0 Å². The molecule has 0 radical (unpaired) electrons. The number of hydrogen-bond acceptors (Lipinski definition) is 4. The number of carbonyl (C=O) groups is 1. The zero-order valence-electron chi connectivity index (χ0n) is 8.94. The summed E-state index contributed by atoms with van der Waals surface area (Å²) in [6.45, 7) is 0. The highest BCUT2D eigenvalue weighted by molar-refractivity contribution is 7.89. The number of nitrogens with zero attached hydrogens (tertiary/aromatic N) is 1. The average molecular weight is 257 g/mol. The van der Waals surface area contributed by atoms with Crippen LogP contribution in [0, 0.1) is 0 Å². The van der Waals surface area contributed by atoms with Gasteiger partial charge in [0.15, 0.2) is 6.04 Å². The average Bonchev–Trinajstić information content (AvgIpc) is 2.27. The van der Waals surface area contributed by atoms with Gasteiger partial charge in [-0.25, -0.2) is 8.42 Å². The van der Waals surface area contributed by atoms with Gasteiger partial charge >= 0.3 is 5.97 Å². The number of rotatable bonds is 1. The third-order valence-corrected chi connectivity index (χ3v) is 4.75. The minimum atomic E-state index is -3.86. The maximum Gasteiger partial charge on any atom is 0.325 e. The van der Waals surface area contributed by atoms with Crippen molar-refractivity contribution in [1.82, 2.24) is 4.31 Å². The van der Waals surface area contributed by atoms with Crippen molar-refractivity contribution in [2.75, 3.05) is 7.05 Å². The van der Waals surface area contributed by atoms with Gasteiger partial charge in [-0.05, 0) is 6.07 Å². The summed E-state index contributed by atoms with van der Waals surface area (Å²) in [6.07, 6.45) is -1.36. The molecule has 2 atom stereocenters. The van der Waals surface area contributed by atoms with Gasteiger partial charge in [-0.15, -0.1) is 0 Å². The Morgan fingerprint density at radius 3 is 2.53 bits per heavy atom. The summed E-state index contributed by atoms with van der Waals surface area (Å²) >= 11 is 0. The van der Waals surface area contributed by atoms with Crippen LogP contribution < -0.4 is 0 Å². The van der Waals surface area contributed by atoms with Crippen LogP contribution in [-0.4, -0.2) is 42.0 Å². The Kier molecular flexibility index (Phi) is 2.69. The Morgan fingerprint density at radius 2 is 1.94 bits per heavy atom. The van der Waals surface area contributed by atoms with Gasteiger partial charge in [0, 0.05) is 12.6 Å². The van der Waals surface area contributed by atoms with E-state index >= 15 is 0 Å². The quantitative estimate of drug-likeness (QED) is 0.727. The fourth-order valence-corrected chi connectivity index (χ4v) is 3.48. The lowest BCUT2D eigenvalue weighted by atomic mass is 10.0. The predicted octanol–water partition coefficient (Wildman–Crippen LogP) is -0.193. The molecule has 0 amide bonds. The highest BCUT2D eigenvalue weighted by atomic mass is 32.2. The summed E-state index contributed by atoms with van der Waals surface area (Å²) in [4.78, 5) is 11.0. The van der Waals surface area contributed by atoms with E-state index in [1.165, 1.54) is 18.2 Å². The van der Waals surface area contributed by atoms with Gasteiger partial charge in [0.25, 0.3) is 0 Å². The topological polar surface area (TPSA) is 94.9 Å². The van der Waals surface area contributed by atoms with E-state index in [0.717, 1.165) is 7.05 Å². The lowest BCUT2D eigenvalue weighted by molar-refractivity contribution is -0.145. The van der Waals surface area contributed by atoms with Gasteiger partial charge in [-0.3, -0.25) is 4.79 Å². The minimum Gasteiger partial charge on any atom is -0.480 e. The SMILES string of the molecule is CN1C(C(=O)O)C(O)c2ccccc2S1(=O)=O. The largest absolute Gasteiger partial charge is 0.480 e. The second kappa shape index (κ2) is 3.80. The van der Waals surface area contributed by atoms with E-state index in [0.29, 0.717) is 4.31 Å². The summed E-state index contributed by atoms with van der Waals surface area (Å²) in [6, 6.07) is 4.36. The van der Waals surface area contributed by atoms with E-state index in [1.54, 1.807) is 6.07 Å². The molecule has 0 aromatic heterocycles. The van der Waals surface area contributed by atoms with Crippen molar-refractivity contribution in [2.45, 2.75) is 17.0 Å². The Bertz CT molecular complexity index is 568. The number of carboxylic acid groups (broad SMARTS) is 1. The van der Waals surface area contributed by atoms with Gasteiger partial charge in [-0.1, -0.05) is 18.2 Å². The Hall–Kier alpha value is -1.44. The molecule has 1 aromatic carbocycles. The molecule has 1 aliphatic heterocycles. The van der Waals surface area contributed by atoms with Crippen molar-refractivity contribution in [3.8, 4) is 0 Å². The van der Waals surface area contributed by atoms with Crippen LogP contribution in [0.15, 0.2) is 29.2 Å². The number of fused-ring (bicyclic) bond motifs is 1. The molecule has 0 aliphatic carbocycles. The fourth-order valence-electron chi connectivity index (χ4n) is 1.92. The van der Waals surface area contributed by atoms with Crippen LogP contribution in [0.5, 0.6) is 0 Å². The molecule has 0 saturated carbocycles. The molecule has 2 N–H and O–H groups in total. The van der Waals surface area contributed by atoms with Gasteiger partial charge in [0.1, 0.15) is 6.10 Å². The van der Waals surface area contributed by atoms with Crippen molar-refractivity contribution in [3.05, 3.63) is 29.8 Å². The first-order chi connectivity index (χ1) is 7.87. The van der Waals surface area contributed by atoms with Gasteiger partial charge in [0.05, 0.1) is 4.90 Å². The molecule has 92 valence electrons. The number of benzene rings is 1. The third-order valence-electron chi connectivity index (χ3n) is 2.84. The summed E-state index contributed by atoms with van der Waals surface area (Å²) in [5, 5.41) is 18.9.